The molecule has 14 heteroatoms. The number of rotatable bonds is 8. The lowest BCUT2D eigenvalue weighted by atomic mass is 10.2. The maximum atomic E-state index is 14.0. The van der Waals surface area contributed by atoms with Crippen molar-refractivity contribution in [1.82, 2.24) is 14.9 Å². The number of imide groups is 1. The van der Waals surface area contributed by atoms with Gasteiger partial charge in [-0.05, 0) is 66.2 Å². The van der Waals surface area contributed by atoms with E-state index < -0.39 is 29.4 Å². The van der Waals surface area contributed by atoms with Crippen molar-refractivity contribution in [2.75, 3.05) is 25.3 Å². The molecule has 5 rings (SSSR count). The Morgan fingerprint density at radius 1 is 1.21 bits per heavy atom. The monoisotopic (exact) mass is 572 g/mol. The first-order valence-corrected chi connectivity index (χ1v) is 12.6. The molecule has 1 aromatic heterocycles. The Morgan fingerprint density at radius 2 is 2.03 bits per heavy atom. The summed E-state index contributed by atoms with van der Waals surface area (Å²) in [6, 6.07) is 9.49. The maximum Gasteiger partial charge on any atom is 0.294 e. The second-order valence-electron chi connectivity index (χ2n) is 7.92. The molecule has 3 heterocycles. The van der Waals surface area contributed by atoms with Crippen molar-refractivity contribution in [2.45, 2.75) is 6.92 Å². The van der Waals surface area contributed by atoms with E-state index in [0.29, 0.717) is 34.5 Å². The lowest BCUT2D eigenvalue weighted by Crippen LogP contribution is -2.36. The van der Waals surface area contributed by atoms with E-state index >= 15 is 0 Å². The van der Waals surface area contributed by atoms with Gasteiger partial charge in [-0.2, -0.15) is 9.37 Å². The molecule has 2 aliphatic heterocycles. The summed E-state index contributed by atoms with van der Waals surface area (Å²) in [5, 5.41) is 1.85. The molecule has 0 radical (unpaired) electrons. The highest BCUT2D eigenvalue weighted by Crippen LogP contribution is 2.37. The van der Waals surface area contributed by atoms with Crippen LogP contribution < -0.4 is 24.3 Å². The zero-order chi connectivity index (χ0) is 27.5. The summed E-state index contributed by atoms with van der Waals surface area (Å²) in [5.41, 5.74) is 0.934. The van der Waals surface area contributed by atoms with Crippen LogP contribution in [-0.4, -0.2) is 51.9 Å². The summed E-state index contributed by atoms with van der Waals surface area (Å²) in [5.74, 6) is -0.960. The van der Waals surface area contributed by atoms with E-state index in [1.165, 1.54) is 12.1 Å². The van der Waals surface area contributed by atoms with Gasteiger partial charge in [0, 0.05) is 11.8 Å². The third kappa shape index (κ3) is 5.89. The number of ether oxygens (including phenoxy) is 4. The van der Waals surface area contributed by atoms with Gasteiger partial charge in [0.05, 0.1) is 17.7 Å². The smallest absolute Gasteiger partial charge is 0.294 e. The summed E-state index contributed by atoms with van der Waals surface area (Å²) in [6.45, 7) is 1.63. The molecule has 1 saturated heterocycles. The predicted molar refractivity (Wildman–Crippen MR) is 139 cm³/mol. The highest BCUT2D eigenvalue weighted by molar-refractivity contribution is 8.18. The minimum atomic E-state index is -0.817. The van der Waals surface area contributed by atoms with Crippen LogP contribution in [-0.2, 0) is 9.59 Å². The Hall–Kier alpha value is -4.36. The van der Waals surface area contributed by atoms with E-state index in [1.54, 1.807) is 37.3 Å². The SMILES string of the molecule is CCOc1cc(/C=C2/SC(=O)N(CC(=O)Nc3ccc4c(c3)OCO4)C2=O)ccc1Oc1nc(Cl)ncc1F. The van der Waals surface area contributed by atoms with Crippen molar-refractivity contribution in [3.05, 3.63) is 64.2 Å². The Balaban J connectivity index is 1.29. The second kappa shape index (κ2) is 11.2. The number of carbonyl (C=O) groups excluding carboxylic acids is 3. The second-order valence-corrected chi connectivity index (χ2v) is 9.25. The normalized spacial score (nSPS) is 15.2. The zero-order valence-electron chi connectivity index (χ0n) is 20.1. The van der Waals surface area contributed by atoms with Gasteiger partial charge in [-0.1, -0.05) is 6.07 Å². The van der Waals surface area contributed by atoms with E-state index in [4.69, 9.17) is 30.5 Å². The van der Waals surface area contributed by atoms with Crippen molar-refractivity contribution in [2.24, 2.45) is 0 Å². The number of benzene rings is 2. The average molecular weight is 573 g/mol. The van der Waals surface area contributed by atoms with Gasteiger partial charge in [-0.3, -0.25) is 19.3 Å². The molecule has 200 valence electrons. The van der Waals surface area contributed by atoms with Gasteiger partial charge in [-0.25, -0.2) is 4.98 Å². The highest BCUT2D eigenvalue weighted by Gasteiger charge is 2.36. The summed E-state index contributed by atoms with van der Waals surface area (Å²) in [7, 11) is 0. The topological polar surface area (TPSA) is 129 Å². The number of nitrogens with zero attached hydrogens (tertiary/aromatic N) is 3. The molecule has 2 aliphatic rings. The average Bonchev–Trinajstić information content (AvgIpc) is 3.47. The molecule has 0 atom stereocenters. The van der Waals surface area contributed by atoms with Crippen molar-refractivity contribution in [3.8, 4) is 28.9 Å². The molecule has 3 amide bonds. The number of thioether (sulfide) groups is 1. The number of amides is 3. The number of carbonyl (C=O) groups is 3. The van der Waals surface area contributed by atoms with E-state index in [-0.39, 0.29) is 41.0 Å². The van der Waals surface area contributed by atoms with Gasteiger partial charge in [0.2, 0.25) is 23.8 Å². The van der Waals surface area contributed by atoms with Crippen LogP contribution in [0, 0.1) is 5.82 Å². The van der Waals surface area contributed by atoms with E-state index in [0.717, 1.165) is 11.1 Å². The first-order valence-electron chi connectivity index (χ1n) is 11.4. The molecule has 1 N–H and O–H groups in total. The van der Waals surface area contributed by atoms with E-state index in [2.05, 4.69) is 15.3 Å². The molecule has 0 bridgehead atoms. The van der Waals surface area contributed by atoms with Crippen LogP contribution >= 0.6 is 23.4 Å². The molecule has 39 heavy (non-hydrogen) atoms. The molecule has 2 aromatic carbocycles. The number of anilines is 1. The summed E-state index contributed by atoms with van der Waals surface area (Å²) < 4.78 is 35.7. The molecule has 3 aromatic rings. The van der Waals surface area contributed by atoms with Crippen LogP contribution in [0.5, 0.6) is 28.9 Å². The predicted octanol–water partition coefficient (Wildman–Crippen LogP) is 4.86. The Labute approximate surface area is 229 Å². The fourth-order valence-corrected chi connectivity index (χ4v) is 4.54. The maximum absolute atomic E-state index is 14.0. The lowest BCUT2D eigenvalue weighted by molar-refractivity contribution is -0.127. The van der Waals surface area contributed by atoms with Crippen LogP contribution in [0.4, 0.5) is 14.9 Å². The fourth-order valence-electron chi connectivity index (χ4n) is 3.58. The lowest BCUT2D eigenvalue weighted by Gasteiger charge is -2.13. The summed E-state index contributed by atoms with van der Waals surface area (Å²) in [6.07, 6.45) is 2.36. The van der Waals surface area contributed by atoms with Crippen molar-refractivity contribution in [1.29, 1.82) is 0 Å². The summed E-state index contributed by atoms with van der Waals surface area (Å²) >= 11 is 6.42. The number of hydrogen-bond donors (Lipinski definition) is 1. The number of hydrogen-bond acceptors (Lipinski definition) is 10. The van der Waals surface area contributed by atoms with Gasteiger partial charge < -0.3 is 24.3 Å². The van der Waals surface area contributed by atoms with Crippen molar-refractivity contribution < 1.29 is 37.7 Å². The zero-order valence-corrected chi connectivity index (χ0v) is 21.7. The molecular weight excluding hydrogens is 555 g/mol. The first-order chi connectivity index (χ1) is 18.8. The van der Waals surface area contributed by atoms with Gasteiger partial charge in [0.15, 0.2) is 23.0 Å². The van der Waals surface area contributed by atoms with Crippen LogP contribution in [0.2, 0.25) is 5.28 Å². The Bertz CT molecular complexity index is 1520. The standard InChI is InChI=1S/C25H18ClFN4O7S/c1-2-35-18-7-13(3-5-17(18)38-22-15(27)10-28-24(26)30-22)8-20-23(33)31(25(34)39-20)11-21(32)29-14-4-6-16-19(9-14)37-12-36-16/h3-10H,2,11-12H2,1H3,(H,29,32)/b20-8+. The molecule has 0 spiro atoms. The van der Waals surface area contributed by atoms with Crippen LogP contribution in [0.1, 0.15) is 12.5 Å². The van der Waals surface area contributed by atoms with Gasteiger partial charge in [-0.15, -0.1) is 0 Å². The molecule has 0 unspecified atom stereocenters. The summed E-state index contributed by atoms with van der Waals surface area (Å²) in [4.78, 5) is 46.2. The largest absolute Gasteiger partial charge is 0.490 e. The molecule has 0 aliphatic carbocycles. The first kappa shape index (κ1) is 26.3. The third-order valence-corrected chi connectivity index (χ3v) is 6.38. The van der Waals surface area contributed by atoms with E-state index in [1.807, 2.05) is 0 Å². The van der Waals surface area contributed by atoms with Crippen LogP contribution in [0.25, 0.3) is 6.08 Å². The van der Waals surface area contributed by atoms with Crippen LogP contribution in [0.3, 0.4) is 0 Å². The highest BCUT2D eigenvalue weighted by atomic mass is 35.5. The molecule has 0 saturated carbocycles. The number of halogens is 2. The fraction of sp³-hybridized carbons (Fsp3) is 0.160. The number of aromatic nitrogens is 2. The Morgan fingerprint density at radius 3 is 2.85 bits per heavy atom. The van der Waals surface area contributed by atoms with Gasteiger partial charge in [0.1, 0.15) is 6.54 Å². The van der Waals surface area contributed by atoms with Crippen LogP contribution in [0.15, 0.2) is 47.5 Å². The molecule has 11 nitrogen and oxygen atoms in total. The van der Waals surface area contributed by atoms with E-state index in [9.17, 15) is 18.8 Å². The molecule has 1 fully saturated rings. The van der Waals surface area contributed by atoms with Gasteiger partial charge >= 0.3 is 0 Å². The minimum absolute atomic E-state index is 0.0903. The van der Waals surface area contributed by atoms with Gasteiger partial charge in [0.25, 0.3) is 17.0 Å². The number of fused-ring (bicyclic) bond motifs is 1. The minimum Gasteiger partial charge on any atom is -0.490 e. The third-order valence-electron chi connectivity index (χ3n) is 5.29. The van der Waals surface area contributed by atoms with Crippen molar-refractivity contribution >= 4 is 52.2 Å². The van der Waals surface area contributed by atoms with Crippen molar-refractivity contribution in [3.63, 3.8) is 0 Å². The molecular formula is C25H18ClFN4O7S. The Kier molecular flexibility index (Phi) is 7.52. The number of nitrogens with one attached hydrogen (secondary N) is 1. The quantitative estimate of drug-likeness (QED) is 0.295.